The highest BCUT2D eigenvalue weighted by atomic mass is 35.5. The average Bonchev–Trinajstić information content (AvgIpc) is 2.40. The number of methoxy groups -OCH3 is 1. The lowest BCUT2D eigenvalue weighted by molar-refractivity contribution is 0.410. The standard InChI is InChI=1S/C15H15Cl2NO/c1-10-6-7-13(17)14(8-10)18-9-11-12(16)4-3-5-15(11)19-2/h3-8,18H,9H2,1-2H3. The Labute approximate surface area is 123 Å². The van der Waals surface area contributed by atoms with Gasteiger partial charge >= 0.3 is 0 Å². The van der Waals surface area contributed by atoms with Crippen molar-refractivity contribution in [3.05, 3.63) is 57.6 Å². The summed E-state index contributed by atoms with van der Waals surface area (Å²) in [7, 11) is 1.63. The summed E-state index contributed by atoms with van der Waals surface area (Å²) < 4.78 is 5.31. The molecule has 0 aliphatic carbocycles. The second-order valence-electron chi connectivity index (χ2n) is 4.26. The Balaban J connectivity index is 2.21. The van der Waals surface area contributed by atoms with E-state index in [1.165, 1.54) is 0 Å². The normalized spacial score (nSPS) is 10.3. The predicted octanol–water partition coefficient (Wildman–Crippen LogP) is 4.92. The van der Waals surface area contributed by atoms with E-state index in [-0.39, 0.29) is 0 Å². The summed E-state index contributed by atoms with van der Waals surface area (Å²) in [5, 5.41) is 4.66. The highest BCUT2D eigenvalue weighted by Gasteiger charge is 2.08. The lowest BCUT2D eigenvalue weighted by atomic mass is 10.1. The van der Waals surface area contributed by atoms with Crippen molar-refractivity contribution in [1.29, 1.82) is 0 Å². The van der Waals surface area contributed by atoms with E-state index in [1.54, 1.807) is 7.11 Å². The van der Waals surface area contributed by atoms with Gasteiger partial charge in [-0.25, -0.2) is 0 Å². The molecule has 0 amide bonds. The van der Waals surface area contributed by atoms with Crippen LogP contribution in [0.25, 0.3) is 0 Å². The average molecular weight is 296 g/mol. The number of anilines is 1. The molecule has 0 fully saturated rings. The lowest BCUT2D eigenvalue weighted by Crippen LogP contribution is -2.03. The second kappa shape index (κ2) is 6.18. The fraction of sp³-hybridized carbons (Fsp3) is 0.200. The van der Waals surface area contributed by atoms with Crippen molar-refractivity contribution in [3.8, 4) is 5.75 Å². The minimum Gasteiger partial charge on any atom is -0.496 e. The smallest absolute Gasteiger partial charge is 0.125 e. The van der Waals surface area contributed by atoms with E-state index in [0.717, 1.165) is 22.6 Å². The molecular formula is C15H15Cl2NO. The van der Waals surface area contributed by atoms with Crippen LogP contribution in [0.2, 0.25) is 10.0 Å². The van der Waals surface area contributed by atoms with Crippen LogP contribution in [0, 0.1) is 6.92 Å². The van der Waals surface area contributed by atoms with E-state index in [0.29, 0.717) is 16.6 Å². The fourth-order valence-electron chi connectivity index (χ4n) is 1.86. The highest BCUT2D eigenvalue weighted by Crippen LogP contribution is 2.29. The van der Waals surface area contributed by atoms with Crippen molar-refractivity contribution in [2.75, 3.05) is 12.4 Å². The lowest BCUT2D eigenvalue weighted by Gasteiger charge is -2.13. The van der Waals surface area contributed by atoms with Crippen molar-refractivity contribution in [1.82, 2.24) is 0 Å². The van der Waals surface area contributed by atoms with Crippen LogP contribution in [0.15, 0.2) is 36.4 Å². The minimum atomic E-state index is 0.562. The molecule has 0 aliphatic heterocycles. The third kappa shape index (κ3) is 3.34. The number of rotatable bonds is 4. The monoisotopic (exact) mass is 295 g/mol. The molecule has 0 spiro atoms. The Morgan fingerprint density at radius 2 is 1.89 bits per heavy atom. The van der Waals surface area contributed by atoms with Gasteiger partial charge in [-0.05, 0) is 36.8 Å². The molecule has 0 bridgehead atoms. The highest BCUT2D eigenvalue weighted by molar-refractivity contribution is 6.33. The summed E-state index contributed by atoms with van der Waals surface area (Å²) in [4.78, 5) is 0. The molecule has 4 heteroatoms. The summed E-state index contributed by atoms with van der Waals surface area (Å²) in [6.07, 6.45) is 0. The summed E-state index contributed by atoms with van der Waals surface area (Å²) in [5.41, 5.74) is 2.96. The number of ether oxygens (including phenoxy) is 1. The van der Waals surface area contributed by atoms with E-state index in [4.69, 9.17) is 27.9 Å². The molecule has 2 aromatic carbocycles. The van der Waals surface area contributed by atoms with Gasteiger partial charge in [0.15, 0.2) is 0 Å². The first-order valence-corrected chi connectivity index (χ1v) is 6.69. The zero-order valence-electron chi connectivity index (χ0n) is 10.8. The molecule has 2 rings (SSSR count). The molecule has 2 aromatic rings. The summed E-state index contributed by atoms with van der Waals surface area (Å²) in [6, 6.07) is 11.5. The third-order valence-electron chi connectivity index (χ3n) is 2.87. The van der Waals surface area contributed by atoms with E-state index >= 15 is 0 Å². The van der Waals surface area contributed by atoms with Gasteiger partial charge in [-0.1, -0.05) is 35.3 Å². The number of hydrogen-bond acceptors (Lipinski definition) is 2. The minimum absolute atomic E-state index is 0.562. The van der Waals surface area contributed by atoms with Gasteiger partial charge in [0.25, 0.3) is 0 Å². The first-order chi connectivity index (χ1) is 9.11. The predicted molar refractivity (Wildman–Crippen MR) is 81.5 cm³/mol. The van der Waals surface area contributed by atoms with Crippen molar-refractivity contribution < 1.29 is 4.74 Å². The van der Waals surface area contributed by atoms with Crippen LogP contribution in [0.1, 0.15) is 11.1 Å². The SMILES string of the molecule is COc1cccc(Cl)c1CNc1cc(C)ccc1Cl. The van der Waals surface area contributed by atoms with Gasteiger partial charge in [-0.15, -0.1) is 0 Å². The molecule has 0 aromatic heterocycles. The Bertz CT molecular complexity index is 584. The maximum Gasteiger partial charge on any atom is 0.125 e. The largest absolute Gasteiger partial charge is 0.496 e. The zero-order valence-corrected chi connectivity index (χ0v) is 12.3. The molecule has 100 valence electrons. The van der Waals surface area contributed by atoms with Crippen LogP contribution >= 0.6 is 23.2 Å². The van der Waals surface area contributed by atoms with E-state index in [1.807, 2.05) is 43.3 Å². The third-order valence-corrected chi connectivity index (χ3v) is 3.56. The molecule has 0 atom stereocenters. The second-order valence-corrected chi connectivity index (χ2v) is 5.07. The Kier molecular flexibility index (Phi) is 4.56. The van der Waals surface area contributed by atoms with Crippen LogP contribution < -0.4 is 10.1 Å². The molecule has 1 N–H and O–H groups in total. The Hall–Kier alpha value is -1.38. The van der Waals surface area contributed by atoms with Gasteiger partial charge in [-0.2, -0.15) is 0 Å². The van der Waals surface area contributed by atoms with E-state index in [9.17, 15) is 0 Å². The molecule has 0 aliphatic rings. The number of benzene rings is 2. The molecular weight excluding hydrogens is 281 g/mol. The fourth-order valence-corrected chi connectivity index (χ4v) is 2.28. The van der Waals surface area contributed by atoms with Crippen LogP contribution in [-0.4, -0.2) is 7.11 Å². The van der Waals surface area contributed by atoms with E-state index < -0.39 is 0 Å². The molecule has 0 radical (unpaired) electrons. The first-order valence-electron chi connectivity index (χ1n) is 5.93. The first kappa shape index (κ1) is 14.0. The number of halogens is 2. The van der Waals surface area contributed by atoms with Gasteiger partial charge in [0, 0.05) is 17.1 Å². The molecule has 0 heterocycles. The zero-order chi connectivity index (χ0) is 13.8. The quantitative estimate of drug-likeness (QED) is 0.864. The van der Waals surface area contributed by atoms with Crippen molar-refractivity contribution >= 4 is 28.9 Å². The number of nitrogens with one attached hydrogen (secondary N) is 1. The summed E-state index contributed by atoms with van der Waals surface area (Å²) >= 11 is 12.3. The maximum atomic E-state index is 6.19. The van der Waals surface area contributed by atoms with Crippen LogP contribution in [0.5, 0.6) is 5.75 Å². The van der Waals surface area contributed by atoms with Crippen molar-refractivity contribution in [2.24, 2.45) is 0 Å². The van der Waals surface area contributed by atoms with E-state index in [2.05, 4.69) is 5.32 Å². The molecule has 0 saturated heterocycles. The van der Waals surface area contributed by atoms with Gasteiger partial charge in [0.05, 0.1) is 17.8 Å². The molecule has 2 nitrogen and oxygen atoms in total. The maximum absolute atomic E-state index is 6.19. The van der Waals surface area contributed by atoms with Crippen molar-refractivity contribution in [2.45, 2.75) is 13.5 Å². The Morgan fingerprint density at radius 1 is 1.11 bits per heavy atom. The molecule has 0 unspecified atom stereocenters. The topological polar surface area (TPSA) is 21.3 Å². The Morgan fingerprint density at radius 3 is 2.63 bits per heavy atom. The number of aryl methyl sites for hydroxylation is 1. The summed E-state index contributed by atoms with van der Waals surface area (Å²) in [5.74, 6) is 0.767. The van der Waals surface area contributed by atoms with Gasteiger partial charge < -0.3 is 10.1 Å². The van der Waals surface area contributed by atoms with Gasteiger partial charge in [0.2, 0.25) is 0 Å². The van der Waals surface area contributed by atoms with Gasteiger partial charge in [-0.3, -0.25) is 0 Å². The van der Waals surface area contributed by atoms with Crippen molar-refractivity contribution in [3.63, 3.8) is 0 Å². The number of hydrogen-bond donors (Lipinski definition) is 1. The van der Waals surface area contributed by atoms with Crippen LogP contribution in [-0.2, 0) is 6.54 Å². The summed E-state index contributed by atoms with van der Waals surface area (Å²) in [6.45, 7) is 2.59. The van der Waals surface area contributed by atoms with Crippen LogP contribution in [0.3, 0.4) is 0 Å². The molecule has 0 saturated carbocycles. The molecule has 19 heavy (non-hydrogen) atoms. The van der Waals surface area contributed by atoms with Gasteiger partial charge in [0.1, 0.15) is 5.75 Å². The van der Waals surface area contributed by atoms with Crippen LogP contribution in [0.4, 0.5) is 5.69 Å².